The quantitative estimate of drug-likeness (QED) is 0.453. The maximum Gasteiger partial charge on any atom is 0.330 e. The van der Waals surface area contributed by atoms with Gasteiger partial charge in [0.15, 0.2) is 0 Å². The summed E-state index contributed by atoms with van der Waals surface area (Å²) in [6.45, 7) is 0. The van der Waals surface area contributed by atoms with Crippen LogP contribution in [0.4, 0.5) is 0 Å². The number of aliphatic hydroxyl groups excluding tert-OH is 2. The summed E-state index contributed by atoms with van der Waals surface area (Å²) in [4.78, 5) is 22.9. The third-order valence-corrected chi connectivity index (χ3v) is 3.26. The van der Waals surface area contributed by atoms with Gasteiger partial charge in [0.1, 0.15) is 30.3 Å². The third kappa shape index (κ3) is 1.80. The lowest BCUT2D eigenvalue weighted by Gasteiger charge is -2.26. The smallest absolute Gasteiger partial charge is 0.330 e. The lowest BCUT2D eigenvalue weighted by atomic mass is 9.80. The van der Waals surface area contributed by atoms with E-state index in [-0.39, 0.29) is 5.57 Å². The van der Waals surface area contributed by atoms with Crippen LogP contribution in [0.1, 0.15) is 0 Å². The summed E-state index contributed by atoms with van der Waals surface area (Å²) in [6.07, 6.45) is -3.01. The maximum absolute atomic E-state index is 11.6. The van der Waals surface area contributed by atoms with Crippen LogP contribution in [-0.4, -0.2) is 60.8 Å². The first-order valence-corrected chi connectivity index (χ1v) is 5.40. The normalized spacial score (nSPS) is 40.0. The molecule has 0 radical (unpaired) electrons. The minimum atomic E-state index is -1.17. The zero-order valence-electron chi connectivity index (χ0n) is 9.90. The van der Waals surface area contributed by atoms with Crippen molar-refractivity contribution in [2.24, 2.45) is 5.92 Å². The predicted molar refractivity (Wildman–Crippen MR) is 56.3 cm³/mol. The second kappa shape index (κ2) is 4.68. The average Bonchev–Trinajstić information content (AvgIpc) is 2.86. The Balaban J connectivity index is 2.34. The maximum atomic E-state index is 11.6. The first-order valence-electron chi connectivity index (χ1n) is 5.40. The Hall–Kier alpha value is -1.44. The van der Waals surface area contributed by atoms with Crippen molar-refractivity contribution in [1.82, 2.24) is 0 Å². The Bertz CT molecular complexity index is 402. The van der Waals surface area contributed by atoms with E-state index in [4.69, 9.17) is 4.74 Å². The lowest BCUT2D eigenvalue weighted by molar-refractivity contribution is -0.148. The first kappa shape index (κ1) is 13.0. The number of aliphatic hydroxyl groups is 2. The summed E-state index contributed by atoms with van der Waals surface area (Å²) < 4.78 is 14.4. The zero-order valence-corrected chi connectivity index (χ0v) is 9.90. The first-order chi connectivity index (χ1) is 8.51. The number of ether oxygens (including phenoxy) is 3. The van der Waals surface area contributed by atoms with Crippen molar-refractivity contribution in [3.63, 3.8) is 0 Å². The van der Waals surface area contributed by atoms with E-state index in [2.05, 4.69) is 9.47 Å². The van der Waals surface area contributed by atoms with E-state index in [1.54, 1.807) is 0 Å². The summed E-state index contributed by atoms with van der Waals surface area (Å²) in [5.41, 5.74) is 0.275. The van der Waals surface area contributed by atoms with E-state index in [0.717, 1.165) is 6.08 Å². The number of hydrogen-bond donors (Lipinski definition) is 2. The Morgan fingerprint density at radius 3 is 2.44 bits per heavy atom. The monoisotopic (exact) mass is 258 g/mol. The van der Waals surface area contributed by atoms with Crippen LogP contribution in [0.2, 0.25) is 0 Å². The highest BCUT2D eigenvalue weighted by Gasteiger charge is 2.59. The highest BCUT2D eigenvalue weighted by Crippen LogP contribution is 2.43. The Morgan fingerprint density at radius 1 is 1.22 bits per heavy atom. The van der Waals surface area contributed by atoms with Gasteiger partial charge in [0.05, 0.1) is 14.2 Å². The largest absolute Gasteiger partial charge is 0.468 e. The van der Waals surface area contributed by atoms with Gasteiger partial charge in [-0.3, -0.25) is 4.79 Å². The van der Waals surface area contributed by atoms with Gasteiger partial charge in [-0.05, 0) is 5.57 Å². The Morgan fingerprint density at radius 2 is 1.89 bits per heavy atom. The summed E-state index contributed by atoms with van der Waals surface area (Å²) in [5, 5.41) is 19.4. The van der Waals surface area contributed by atoms with Gasteiger partial charge in [0, 0.05) is 6.08 Å². The minimum Gasteiger partial charge on any atom is -0.468 e. The number of fused-ring (bicyclic) bond motifs is 2. The molecule has 2 saturated heterocycles. The molecule has 0 saturated carbocycles. The van der Waals surface area contributed by atoms with Crippen LogP contribution in [0.25, 0.3) is 0 Å². The molecule has 2 rings (SSSR count). The molecule has 0 aliphatic carbocycles. The van der Waals surface area contributed by atoms with Crippen molar-refractivity contribution in [3.8, 4) is 0 Å². The lowest BCUT2D eigenvalue weighted by Crippen LogP contribution is -2.45. The minimum absolute atomic E-state index is 0.275. The van der Waals surface area contributed by atoms with Crippen molar-refractivity contribution in [1.29, 1.82) is 0 Å². The molecule has 5 unspecified atom stereocenters. The number of carbonyl (C=O) groups is 2. The molecule has 2 heterocycles. The van der Waals surface area contributed by atoms with Gasteiger partial charge in [-0.25, -0.2) is 4.79 Å². The third-order valence-electron chi connectivity index (χ3n) is 3.26. The van der Waals surface area contributed by atoms with Gasteiger partial charge in [0.25, 0.3) is 0 Å². The van der Waals surface area contributed by atoms with Crippen LogP contribution in [0, 0.1) is 5.92 Å². The van der Waals surface area contributed by atoms with Crippen LogP contribution in [0.3, 0.4) is 0 Å². The number of methoxy groups -OCH3 is 2. The van der Waals surface area contributed by atoms with Gasteiger partial charge in [-0.1, -0.05) is 0 Å². The summed E-state index contributed by atoms with van der Waals surface area (Å²) in [6, 6.07) is 0. The molecule has 7 heteroatoms. The number of hydrogen-bond acceptors (Lipinski definition) is 7. The number of carbonyl (C=O) groups excluding carboxylic acids is 2. The number of rotatable bonds is 2. The molecule has 2 aliphatic rings. The highest BCUT2D eigenvalue weighted by molar-refractivity contribution is 5.86. The fraction of sp³-hybridized carbons (Fsp3) is 0.636. The Kier molecular flexibility index (Phi) is 3.38. The molecule has 18 heavy (non-hydrogen) atoms. The van der Waals surface area contributed by atoms with Crippen molar-refractivity contribution in [3.05, 3.63) is 11.6 Å². The molecule has 0 aromatic heterocycles. The molecule has 0 aromatic rings. The molecule has 7 nitrogen and oxygen atoms in total. The van der Waals surface area contributed by atoms with Crippen LogP contribution >= 0.6 is 0 Å². The molecule has 100 valence electrons. The molecule has 2 N–H and O–H groups in total. The van der Waals surface area contributed by atoms with E-state index < -0.39 is 42.3 Å². The van der Waals surface area contributed by atoms with E-state index in [0.29, 0.717) is 0 Å². The second-order valence-corrected chi connectivity index (χ2v) is 4.17. The Labute approximate surface area is 103 Å². The standard InChI is InChI=1S/C11H14O7/c1-16-5(12)3-4-6(11(15)17-2)10-8(14)7(13)9(4)18-10/h3,6-10,13-14H,1-2H3/b4-3-. The van der Waals surface area contributed by atoms with Crippen LogP contribution in [0.15, 0.2) is 11.6 Å². The average molecular weight is 258 g/mol. The van der Waals surface area contributed by atoms with Gasteiger partial charge in [0.2, 0.25) is 0 Å². The molecular weight excluding hydrogens is 244 g/mol. The van der Waals surface area contributed by atoms with Crippen LogP contribution in [-0.2, 0) is 23.8 Å². The van der Waals surface area contributed by atoms with Gasteiger partial charge >= 0.3 is 11.9 Å². The second-order valence-electron chi connectivity index (χ2n) is 4.17. The zero-order chi connectivity index (χ0) is 13.4. The highest BCUT2D eigenvalue weighted by atomic mass is 16.6. The topological polar surface area (TPSA) is 102 Å². The summed E-state index contributed by atoms with van der Waals surface area (Å²) in [5.74, 6) is -2.17. The van der Waals surface area contributed by atoms with E-state index in [1.807, 2.05) is 0 Å². The SMILES string of the molecule is COC(=O)/C=C1\C2OC(C1C(=O)OC)C(O)C2O. The molecular formula is C11H14O7. The number of esters is 2. The molecule has 5 atom stereocenters. The fourth-order valence-electron chi connectivity index (χ4n) is 2.39. The molecule has 0 amide bonds. The van der Waals surface area contributed by atoms with Crippen molar-refractivity contribution < 1.29 is 34.0 Å². The van der Waals surface area contributed by atoms with Crippen molar-refractivity contribution >= 4 is 11.9 Å². The van der Waals surface area contributed by atoms with E-state index in [9.17, 15) is 19.8 Å². The van der Waals surface area contributed by atoms with Gasteiger partial charge in [-0.2, -0.15) is 0 Å². The van der Waals surface area contributed by atoms with Crippen molar-refractivity contribution in [2.75, 3.05) is 14.2 Å². The molecule has 2 bridgehead atoms. The van der Waals surface area contributed by atoms with Gasteiger partial charge < -0.3 is 24.4 Å². The molecule has 2 fully saturated rings. The fourth-order valence-corrected chi connectivity index (χ4v) is 2.39. The van der Waals surface area contributed by atoms with Crippen LogP contribution < -0.4 is 0 Å². The molecule has 2 aliphatic heterocycles. The molecule has 0 spiro atoms. The summed E-state index contributed by atoms with van der Waals surface area (Å²) in [7, 11) is 2.40. The van der Waals surface area contributed by atoms with E-state index >= 15 is 0 Å². The summed E-state index contributed by atoms with van der Waals surface area (Å²) >= 11 is 0. The predicted octanol–water partition coefficient (Wildman–Crippen LogP) is -1.62. The van der Waals surface area contributed by atoms with Crippen LogP contribution in [0.5, 0.6) is 0 Å². The van der Waals surface area contributed by atoms with Crippen molar-refractivity contribution in [2.45, 2.75) is 24.4 Å². The molecule has 0 aromatic carbocycles. The van der Waals surface area contributed by atoms with E-state index in [1.165, 1.54) is 14.2 Å². The van der Waals surface area contributed by atoms with Gasteiger partial charge in [-0.15, -0.1) is 0 Å².